The standard InChI is InChI=1S/3C3HF6O.C2H3.Sn/c3*4-2(5,6)1(10)3(7,8)9;1-2;/h3*1H;1H,2H2;/q3*-1;;+3. The fourth-order valence-electron chi connectivity index (χ4n) is 1.68. The summed E-state index contributed by atoms with van der Waals surface area (Å²) in [5.74, 6) is 0. The zero-order chi connectivity index (χ0) is 27.1. The predicted octanol–water partition coefficient (Wildman–Crippen LogP) is 6.18. The van der Waals surface area contributed by atoms with E-state index in [1.54, 1.807) is 0 Å². The Bertz CT molecular complexity index is 527. The predicted molar refractivity (Wildman–Crippen MR) is 66.9 cm³/mol. The molecule has 0 saturated carbocycles. The molecule has 22 heteroatoms. The molecule has 0 aromatic heterocycles. The van der Waals surface area contributed by atoms with E-state index in [1.165, 1.54) is 0 Å². The Labute approximate surface area is 174 Å². The van der Waals surface area contributed by atoms with Crippen LogP contribution in [0, 0.1) is 0 Å². The van der Waals surface area contributed by atoms with Crippen molar-refractivity contribution in [3.8, 4) is 0 Å². The molecule has 0 aliphatic rings. The molecule has 0 unspecified atom stereocenters. The van der Waals surface area contributed by atoms with E-state index in [4.69, 9.17) is 0 Å². The number of alkyl halides is 18. The maximum atomic E-state index is 12.6. The van der Waals surface area contributed by atoms with E-state index in [9.17, 15) is 79.0 Å². The molecule has 0 bridgehead atoms. The van der Waals surface area contributed by atoms with Gasteiger partial charge in [0.1, 0.15) is 0 Å². The molecule has 3 nitrogen and oxygen atoms in total. The van der Waals surface area contributed by atoms with Crippen LogP contribution in [0.1, 0.15) is 0 Å². The fourth-order valence-corrected chi connectivity index (χ4v) is 8.08. The third-order valence-electron chi connectivity index (χ3n) is 2.88. The molecule has 0 radical (unpaired) electrons. The second-order valence-corrected chi connectivity index (χ2v) is 12.2. The van der Waals surface area contributed by atoms with Gasteiger partial charge in [-0.2, -0.15) is 0 Å². The third-order valence-corrected chi connectivity index (χ3v) is 9.14. The summed E-state index contributed by atoms with van der Waals surface area (Å²) in [6.07, 6.45) is -57.5. The quantitative estimate of drug-likeness (QED) is 0.244. The molecule has 0 aliphatic carbocycles. The number of halogens is 18. The molecule has 0 fully saturated rings. The molecule has 33 heavy (non-hydrogen) atoms. The van der Waals surface area contributed by atoms with Gasteiger partial charge in [0.25, 0.3) is 0 Å². The molecule has 0 spiro atoms. The molecule has 198 valence electrons. The van der Waals surface area contributed by atoms with Gasteiger partial charge in [-0.25, -0.2) is 0 Å². The average Bonchev–Trinajstić information content (AvgIpc) is 2.47. The van der Waals surface area contributed by atoms with Crippen LogP contribution >= 0.6 is 0 Å². The van der Waals surface area contributed by atoms with Gasteiger partial charge < -0.3 is 0 Å². The summed E-state index contributed by atoms with van der Waals surface area (Å²) in [6.45, 7) is 2.10. The third kappa shape index (κ3) is 9.37. The first kappa shape index (κ1) is 32.2. The Balaban J connectivity index is 6.95. The summed E-state index contributed by atoms with van der Waals surface area (Å²) in [6, 6.07) is 0. The normalized spacial score (nSPS) is 15.7. The Hall–Kier alpha value is -0.841. The van der Waals surface area contributed by atoms with Crippen LogP contribution in [0.4, 0.5) is 79.0 Å². The van der Waals surface area contributed by atoms with Crippen LogP contribution in [-0.2, 0) is 9.22 Å². The maximum absolute atomic E-state index is 12.6. The molecule has 0 aromatic carbocycles. The van der Waals surface area contributed by atoms with Crippen molar-refractivity contribution in [2.24, 2.45) is 0 Å². The summed E-state index contributed by atoms with van der Waals surface area (Å²) in [7, 11) is 0. The van der Waals surface area contributed by atoms with Crippen LogP contribution in [0.2, 0.25) is 0 Å². The van der Waals surface area contributed by atoms with E-state index < -0.39 is 79.1 Å². The number of rotatable bonds is 7. The number of hydrogen-bond acceptors (Lipinski definition) is 3. The second kappa shape index (κ2) is 9.66. The van der Waals surface area contributed by atoms with Gasteiger partial charge in [0.05, 0.1) is 0 Å². The summed E-state index contributed by atoms with van der Waals surface area (Å²) in [5.41, 5.74) is 0. The van der Waals surface area contributed by atoms with Crippen molar-refractivity contribution in [2.45, 2.75) is 55.4 Å². The Morgan fingerprint density at radius 2 is 0.576 bits per heavy atom. The van der Waals surface area contributed by atoms with E-state index in [-0.39, 0.29) is 0 Å². The molecule has 0 rings (SSSR count). The van der Waals surface area contributed by atoms with Crippen LogP contribution < -0.4 is 0 Å². The molecular formula is C11H6F18O3Sn. The second-order valence-electron chi connectivity index (χ2n) is 5.55. The van der Waals surface area contributed by atoms with E-state index in [2.05, 4.69) is 15.8 Å². The Morgan fingerprint density at radius 3 is 0.667 bits per heavy atom. The van der Waals surface area contributed by atoms with E-state index in [0.717, 1.165) is 0 Å². The van der Waals surface area contributed by atoms with Gasteiger partial charge >= 0.3 is 174 Å². The van der Waals surface area contributed by atoms with Crippen LogP contribution in [0.25, 0.3) is 0 Å². The molecule has 0 saturated heterocycles. The fraction of sp³-hybridized carbons (Fsp3) is 0.818. The monoisotopic (exact) mass is 648 g/mol. The molecular weight excluding hydrogens is 641 g/mol. The first-order chi connectivity index (χ1) is 14.1. The zero-order valence-electron chi connectivity index (χ0n) is 14.5. The van der Waals surface area contributed by atoms with Gasteiger partial charge in [-0.1, -0.05) is 0 Å². The molecule has 0 aromatic rings. The topological polar surface area (TPSA) is 27.7 Å². The van der Waals surface area contributed by atoms with Crippen LogP contribution in [0.5, 0.6) is 0 Å². The van der Waals surface area contributed by atoms with Crippen LogP contribution in [0.3, 0.4) is 0 Å². The van der Waals surface area contributed by atoms with Gasteiger partial charge in [-0.3, -0.25) is 0 Å². The van der Waals surface area contributed by atoms with Gasteiger partial charge in [0.2, 0.25) is 0 Å². The van der Waals surface area contributed by atoms with Gasteiger partial charge in [-0.15, -0.1) is 0 Å². The van der Waals surface area contributed by atoms with E-state index >= 15 is 0 Å². The van der Waals surface area contributed by atoms with Crippen molar-refractivity contribution in [3.63, 3.8) is 0 Å². The SMILES string of the molecule is C=[CH][Sn]([O]C(C(F)(F)F)C(F)(F)F)([O]C(C(F)(F)F)C(F)(F)F)[O]C(C(F)(F)F)C(F)(F)F. The van der Waals surface area contributed by atoms with Crippen molar-refractivity contribution < 1.29 is 88.2 Å². The average molecular weight is 647 g/mol. The molecule has 0 aliphatic heterocycles. The molecule has 0 atom stereocenters. The minimum absolute atomic E-state index is 1.05. The summed E-state index contributed by atoms with van der Waals surface area (Å²) < 4.78 is 235. The van der Waals surface area contributed by atoms with Crippen molar-refractivity contribution in [2.75, 3.05) is 0 Å². The molecule has 0 heterocycles. The zero-order valence-corrected chi connectivity index (χ0v) is 17.4. The molecule has 0 N–H and O–H groups in total. The van der Waals surface area contributed by atoms with Crippen molar-refractivity contribution in [1.29, 1.82) is 0 Å². The van der Waals surface area contributed by atoms with Gasteiger partial charge in [0, 0.05) is 0 Å². The van der Waals surface area contributed by atoms with Crippen molar-refractivity contribution in [3.05, 3.63) is 10.7 Å². The molecule has 0 amide bonds. The minimum atomic E-state index is -8.68. The van der Waals surface area contributed by atoms with Crippen molar-refractivity contribution >= 4 is 19.6 Å². The van der Waals surface area contributed by atoms with E-state index in [1.807, 2.05) is 0 Å². The van der Waals surface area contributed by atoms with Crippen LogP contribution in [0.15, 0.2) is 10.7 Å². The Morgan fingerprint density at radius 1 is 0.424 bits per heavy atom. The van der Waals surface area contributed by atoms with Gasteiger partial charge in [0.15, 0.2) is 0 Å². The Kier molecular flexibility index (Phi) is 9.42. The summed E-state index contributed by atoms with van der Waals surface area (Å²) in [4.78, 5) is 0. The van der Waals surface area contributed by atoms with E-state index in [0.29, 0.717) is 0 Å². The van der Waals surface area contributed by atoms with Crippen LogP contribution in [-0.4, -0.2) is 75.0 Å². The van der Waals surface area contributed by atoms with Crippen molar-refractivity contribution in [1.82, 2.24) is 0 Å². The van der Waals surface area contributed by atoms with Gasteiger partial charge in [-0.05, 0) is 0 Å². The first-order valence-corrected chi connectivity index (χ1v) is 12.3. The summed E-state index contributed by atoms with van der Waals surface area (Å²) in [5, 5.41) is 0. The summed E-state index contributed by atoms with van der Waals surface area (Å²) >= 11 is -8.68. The first-order valence-electron chi connectivity index (χ1n) is 7.15. The number of hydrogen-bond donors (Lipinski definition) is 0.